The number of ether oxygens (including phenoxy) is 1. The van der Waals surface area contributed by atoms with Crippen LogP contribution in [-0.2, 0) is 17.8 Å². The third-order valence-electron chi connectivity index (χ3n) is 2.93. The van der Waals surface area contributed by atoms with Gasteiger partial charge in [-0.2, -0.15) is 0 Å². The van der Waals surface area contributed by atoms with Crippen molar-refractivity contribution in [2.45, 2.75) is 59.4 Å². The zero-order valence-corrected chi connectivity index (χ0v) is 13.6. The zero-order valence-electron chi connectivity index (χ0n) is 13.6. The molecule has 0 fully saturated rings. The van der Waals surface area contributed by atoms with E-state index in [4.69, 9.17) is 4.74 Å². The molecule has 7 heteroatoms. The molecule has 0 spiro atoms. The molecule has 2 heterocycles. The van der Waals surface area contributed by atoms with Crippen LogP contribution >= 0.6 is 0 Å². The Morgan fingerprint density at radius 1 is 1.32 bits per heavy atom. The predicted molar refractivity (Wildman–Crippen MR) is 80.1 cm³/mol. The van der Waals surface area contributed by atoms with Crippen LogP contribution in [0.3, 0.4) is 0 Å². The number of carbonyl (C=O) groups is 2. The molecule has 0 aromatic carbocycles. The summed E-state index contributed by atoms with van der Waals surface area (Å²) in [5.41, 5.74) is 0.988. The van der Waals surface area contributed by atoms with Gasteiger partial charge in [-0.25, -0.2) is 14.8 Å². The van der Waals surface area contributed by atoms with E-state index in [1.165, 1.54) is 0 Å². The third kappa shape index (κ3) is 3.93. The maximum atomic E-state index is 12.1. The minimum Gasteiger partial charge on any atom is -0.444 e. The standard InChI is InChI=1S/C15H22N4O3/c1-9(2)17-13(20)12-16-6-10-7-19(8-11(10)18-12)14(21)22-15(3,4)5/h6,9H,7-8H2,1-5H3,(H,17,20). The van der Waals surface area contributed by atoms with Crippen molar-refractivity contribution in [3.63, 3.8) is 0 Å². The lowest BCUT2D eigenvalue weighted by atomic mass is 10.2. The highest BCUT2D eigenvalue weighted by molar-refractivity contribution is 5.90. The number of aromatic nitrogens is 2. The van der Waals surface area contributed by atoms with E-state index in [0.717, 1.165) is 5.56 Å². The van der Waals surface area contributed by atoms with E-state index in [1.807, 2.05) is 34.6 Å². The second kappa shape index (κ2) is 5.90. The van der Waals surface area contributed by atoms with Crippen LogP contribution in [0.2, 0.25) is 0 Å². The van der Waals surface area contributed by atoms with Gasteiger partial charge in [0.2, 0.25) is 5.82 Å². The molecule has 1 aromatic rings. The van der Waals surface area contributed by atoms with Crippen molar-refractivity contribution in [3.05, 3.63) is 23.3 Å². The van der Waals surface area contributed by atoms with E-state index in [0.29, 0.717) is 18.8 Å². The maximum Gasteiger partial charge on any atom is 0.410 e. The Labute approximate surface area is 130 Å². The van der Waals surface area contributed by atoms with Crippen LogP contribution in [0.15, 0.2) is 6.20 Å². The smallest absolute Gasteiger partial charge is 0.410 e. The van der Waals surface area contributed by atoms with Crippen molar-refractivity contribution in [3.8, 4) is 0 Å². The van der Waals surface area contributed by atoms with E-state index in [2.05, 4.69) is 15.3 Å². The maximum absolute atomic E-state index is 12.1. The fourth-order valence-corrected chi connectivity index (χ4v) is 2.05. The van der Waals surface area contributed by atoms with Gasteiger partial charge in [-0.05, 0) is 34.6 Å². The molecule has 0 bridgehead atoms. The first-order chi connectivity index (χ1) is 10.2. The van der Waals surface area contributed by atoms with Crippen LogP contribution in [0.5, 0.6) is 0 Å². The summed E-state index contributed by atoms with van der Waals surface area (Å²) in [5, 5.41) is 2.75. The summed E-state index contributed by atoms with van der Waals surface area (Å²) >= 11 is 0. The highest BCUT2D eigenvalue weighted by atomic mass is 16.6. The van der Waals surface area contributed by atoms with Crippen LogP contribution in [0.25, 0.3) is 0 Å². The molecule has 1 N–H and O–H groups in total. The van der Waals surface area contributed by atoms with Crippen LogP contribution in [-0.4, -0.2) is 38.5 Å². The van der Waals surface area contributed by atoms with Gasteiger partial charge in [0.25, 0.3) is 5.91 Å². The van der Waals surface area contributed by atoms with E-state index in [1.54, 1.807) is 11.1 Å². The van der Waals surface area contributed by atoms with Crippen molar-refractivity contribution in [1.29, 1.82) is 0 Å². The van der Waals surface area contributed by atoms with Crippen molar-refractivity contribution < 1.29 is 14.3 Å². The Kier molecular flexibility index (Phi) is 4.35. The summed E-state index contributed by atoms with van der Waals surface area (Å²) in [6, 6.07) is 0.0163. The first-order valence-corrected chi connectivity index (χ1v) is 7.29. The van der Waals surface area contributed by atoms with Gasteiger partial charge >= 0.3 is 6.09 Å². The Balaban J connectivity index is 2.08. The molecule has 0 unspecified atom stereocenters. The van der Waals surface area contributed by atoms with Crippen LogP contribution in [0, 0.1) is 0 Å². The summed E-state index contributed by atoms with van der Waals surface area (Å²) in [7, 11) is 0. The predicted octanol–water partition coefficient (Wildman–Crippen LogP) is 1.87. The van der Waals surface area contributed by atoms with E-state index in [9.17, 15) is 9.59 Å². The fraction of sp³-hybridized carbons (Fsp3) is 0.600. The number of nitrogens with zero attached hydrogens (tertiary/aromatic N) is 3. The lowest BCUT2D eigenvalue weighted by Gasteiger charge is -2.23. The van der Waals surface area contributed by atoms with E-state index in [-0.39, 0.29) is 17.8 Å². The third-order valence-corrected chi connectivity index (χ3v) is 2.93. The van der Waals surface area contributed by atoms with Crippen molar-refractivity contribution in [2.75, 3.05) is 0 Å². The van der Waals surface area contributed by atoms with Gasteiger partial charge in [0, 0.05) is 17.8 Å². The molecule has 2 amide bonds. The summed E-state index contributed by atoms with van der Waals surface area (Å²) in [4.78, 5) is 33.9. The molecule has 0 saturated carbocycles. The highest BCUT2D eigenvalue weighted by Crippen LogP contribution is 2.22. The summed E-state index contributed by atoms with van der Waals surface area (Å²) in [5.74, 6) is -0.188. The quantitative estimate of drug-likeness (QED) is 0.901. The van der Waals surface area contributed by atoms with Crippen LogP contribution in [0.1, 0.15) is 56.5 Å². The topological polar surface area (TPSA) is 84.4 Å². The average molecular weight is 306 g/mol. The number of hydrogen-bond donors (Lipinski definition) is 1. The van der Waals surface area contributed by atoms with Crippen LogP contribution in [0.4, 0.5) is 4.79 Å². The summed E-state index contributed by atoms with van der Waals surface area (Å²) in [6.45, 7) is 9.93. The van der Waals surface area contributed by atoms with E-state index < -0.39 is 11.7 Å². The average Bonchev–Trinajstić information content (AvgIpc) is 2.78. The molecule has 1 aliphatic rings. The monoisotopic (exact) mass is 306 g/mol. The Morgan fingerprint density at radius 2 is 2.00 bits per heavy atom. The molecule has 0 atom stereocenters. The number of hydrogen-bond acceptors (Lipinski definition) is 5. The highest BCUT2D eigenvalue weighted by Gasteiger charge is 2.29. The Morgan fingerprint density at radius 3 is 2.59 bits per heavy atom. The fourth-order valence-electron chi connectivity index (χ4n) is 2.05. The number of carbonyl (C=O) groups excluding carboxylic acids is 2. The normalized spacial score (nSPS) is 14.0. The minimum absolute atomic E-state index is 0.0163. The Hall–Kier alpha value is -2.18. The summed E-state index contributed by atoms with van der Waals surface area (Å²) in [6.07, 6.45) is 1.21. The molecular formula is C15H22N4O3. The van der Waals surface area contributed by atoms with Gasteiger partial charge in [-0.1, -0.05) is 0 Å². The molecule has 0 aliphatic carbocycles. The van der Waals surface area contributed by atoms with Crippen LogP contribution < -0.4 is 5.32 Å². The SMILES string of the molecule is CC(C)NC(=O)c1ncc2c(n1)CN(C(=O)OC(C)(C)C)C2. The molecular weight excluding hydrogens is 284 g/mol. The molecule has 120 valence electrons. The van der Waals surface area contributed by atoms with Gasteiger partial charge in [0.05, 0.1) is 18.8 Å². The molecule has 7 nitrogen and oxygen atoms in total. The first kappa shape index (κ1) is 16.2. The molecule has 1 aliphatic heterocycles. The van der Waals surface area contributed by atoms with Gasteiger partial charge in [0.15, 0.2) is 0 Å². The number of nitrogens with one attached hydrogen (secondary N) is 1. The van der Waals surface area contributed by atoms with Crippen molar-refractivity contribution in [1.82, 2.24) is 20.2 Å². The second-order valence-electron chi connectivity index (χ2n) is 6.63. The molecule has 22 heavy (non-hydrogen) atoms. The van der Waals surface area contributed by atoms with Gasteiger partial charge in [-0.3, -0.25) is 9.69 Å². The van der Waals surface area contributed by atoms with E-state index >= 15 is 0 Å². The molecule has 0 radical (unpaired) electrons. The van der Waals surface area contributed by atoms with Gasteiger partial charge in [0.1, 0.15) is 5.60 Å². The molecule has 1 aromatic heterocycles. The van der Waals surface area contributed by atoms with Gasteiger partial charge in [-0.15, -0.1) is 0 Å². The van der Waals surface area contributed by atoms with Gasteiger partial charge < -0.3 is 10.1 Å². The minimum atomic E-state index is -0.542. The molecule has 2 rings (SSSR count). The Bertz CT molecular complexity index is 593. The number of rotatable bonds is 2. The zero-order chi connectivity index (χ0) is 16.5. The number of amides is 2. The molecule has 0 saturated heterocycles. The second-order valence-corrected chi connectivity index (χ2v) is 6.63. The largest absolute Gasteiger partial charge is 0.444 e. The first-order valence-electron chi connectivity index (χ1n) is 7.29. The van der Waals surface area contributed by atoms with Crippen molar-refractivity contribution >= 4 is 12.0 Å². The lowest BCUT2D eigenvalue weighted by Crippen LogP contribution is -2.33. The lowest BCUT2D eigenvalue weighted by molar-refractivity contribution is 0.0240. The summed E-state index contributed by atoms with van der Waals surface area (Å²) < 4.78 is 5.34. The van der Waals surface area contributed by atoms with Crippen molar-refractivity contribution in [2.24, 2.45) is 0 Å². The number of fused-ring (bicyclic) bond motifs is 1.